The molecule has 1 fully saturated rings. The number of anilines is 2. The van der Waals surface area contributed by atoms with Crippen LogP contribution in [0.5, 0.6) is 0 Å². The molecule has 4 nitrogen and oxygen atoms in total. The Labute approximate surface area is 184 Å². The fourth-order valence-corrected chi connectivity index (χ4v) is 5.08. The van der Waals surface area contributed by atoms with Crippen LogP contribution in [-0.4, -0.2) is 31.6 Å². The molecule has 158 valence electrons. The third-order valence-electron chi connectivity index (χ3n) is 6.74. The zero-order chi connectivity index (χ0) is 21.2. The van der Waals surface area contributed by atoms with Gasteiger partial charge in [-0.05, 0) is 42.7 Å². The van der Waals surface area contributed by atoms with Crippen LogP contribution in [0.4, 0.5) is 11.4 Å². The number of rotatable bonds is 4. The number of fused-ring (bicyclic) bond motifs is 3. The highest BCUT2D eigenvalue weighted by molar-refractivity contribution is 5.82. The minimum absolute atomic E-state index is 0.00635. The molecule has 1 N–H and O–H groups in total. The number of benzene rings is 3. The van der Waals surface area contributed by atoms with E-state index in [4.69, 9.17) is 0 Å². The predicted molar refractivity (Wildman–Crippen MR) is 126 cm³/mol. The number of nitrogens with zero attached hydrogens (tertiary/aromatic N) is 2. The minimum Gasteiger partial charge on any atom is -0.368 e. The molecule has 0 bridgehead atoms. The molecule has 4 heteroatoms. The van der Waals surface area contributed by atoms with Gasteiger partial charge in [0.1, 0.15) is 0 Å². The minimum atomic E-state index is -0.0763. The van der Waals surface area contributed by atoms with Gasteiger partial charge in [0.05, 0.1) is 18.0 Å². The SMILES string of the molecule is CC(NC(=O)C1Cc2ccccc2N2CCN(c3ccccc3)CC12)c1ccccc1. The Balaban J connectivity index is 1.42. The van der Waals surface area contributed by atoms with Crippen LogP contribution in [0.3, 0.4) is 0 Å². The number of carbonyl (C=O) groups excluding carboxylic acids is 1. The molecule has 0 radical (unpaired) electrons. The van der Waals surface area contributed by atoms with Crippen molar-refractivity contribution in [2.45, 2.75) is 25.4 Å². The van der Waals surface area contributed by atoms with Crippen LogP contribution in [0.25, 0.3) is 0 Å². The highest BCUT2D eigenvalue weighted by Crippen LogP contribution is 2.37. The van der Waals surface area contributed by atoms with Crippen molar-refractivity contribution < 1.29 is 4.79 Å². The normalized spacial score (nSPS) is 21.1. The standard InChI is InChI=1S/C27H29N3O/c1-20(21-10-4-2-5-11-21)28-27(31)24-18-22-12-8-9-15-25(22)30-17-16-29(19-26(24)30)23-13-6-3-7-14-23/h2-15,20,24,26H,16-19H2,1H3,(H,28,31). The molecule has 3 aromatic rings. The average Bonchev–Trinajstić information content (AvgIpc) is 2.84. The molecule has 1 amide bonds. The highest BCUT2D eigenvalue weighted by Gasteiger charge is 2.41. The monoisotopic (exact) mass is 411 g/mol. The van der Waals surface area contributed by atoms with E-state index in [1.165, 1.54) is 16.9 Å². The summed E-state index contributed by atoms with van der Waals surface area (Å²) in [7, 11) is 0. The van der Waals surface area contributed by atoms with Crippen molar-refractivity contribution >= 4 is 17.3 Å². The first-order valence-electron chi connectivity index (χ1n) is 11.2. The number of nitrogens with one attached hydrogen (secondary N) is 1. The van der Waals surface area contributed by atoms with E-state index < -0.39 is 0 Å². The summed E-state index contributed by atoms with van der Waals surface area (Å²) in [5, 5.41) is 3.30. The zero-order valence-corrected chi connectivity index (χ0v) is 17.9. The molecule has 31 heavy (non-hydrogen) atoms. The van der Waals surface area contributed by atoms with E-state index in [2.05, 4.69) is 88.8 Å². The lowest BCUT2D eigenvalue weighted by molar-refractivity contribution is -0.126. The maximum absolute atomic E-state index is 13.5. The summed E-state index contributed by atoms with van der Waals surface area (Å²) >= 11 is 0. The molecule has 5 rings (SSSR count). The molecule has 1 saturated heterocycles. The Morgan fingerprint density at radius 2 is 1.58 bits per heavy atom. The third kappa shape index (κ3) is 3.90. The molecule has 3 atom stereocenters. The summed E-state index contributed by atoms with van der Waals surface area (Å²) in [6.45, 7) is 4.81. The summed E-state index contributed by atoms with van der Waals surface area (Å²) < 4.78 is 0. The van der Waals surface area contributed by atoms with Gasteiger partial charge < -0.3 is 15.1 Å². The third-order valence-corrected chi connectivity index (χ3v) is 6.74. The summed E-state index contributed by atoms with van der Waals surface area (Å²) in [4.78, 5) is 18.4. The molecule has 3 aromatic carbocycles. The van der Waals surface area contributed by atoms with Gasteiger partial charge in [0.2, 0.25) is 5.91 Å². The number of hydrogen-bond acceptors (Lipinski definition) is 3. The molecule has 2 aliphatic rings. The van der Waals surface area contributed by atoms with Gasteiger partial charge in [-0.3, -0.25) is 4.79 Å². The van der Waals surface area contributed by atoms with Crippen molar-refractivity contribution in [1.29, 1.82) is 0 Å². The quantitative estimate of drug-likeness (QED) is 0.690. The van der Waals surface area contributed by atoms with E-state index in [1.807, 2.05) is 18.2 Å². The van der Waals surface area contributed by atoms with E-state index in [9.17, 15) is 4.79 Å². The smallest absolute Gasteiger partial charge is 0.226 e. The van der Waals surface area contributed by atoms with Crippen LogP contribution in [0, 0.1) is 5.92 Å². The van der Waals surface area contributed by atoms with Gasteiger partial charge in [-0.25, -0.2) is 0 Å². The number of para-hydroxylation sites is 2. The maximum atomic E-state index is 13.5. The van der Waals surface area contributed by atoms with Crippen molar-refractivity contribution in [2.24, 2.45) is 5.92 Å². The highest BCUT2D eigenvalue weighted by atomic mass is 16.2. The molecule has 0 aliphatic carbocycles. The van der Waals surface area contributed by atoms with Gasteiger partial charge in [-0.15, -0.1) is 0 Å². The molecular formula is C27H29N3O. The second-order valence-corrected chi connectivity index (χ2v) is 8.62. The second kappa shape index (κ2) is 8.46. The van der Waals surface area contributed by atoms with Gasteiger partial charge in [-0.2, -0.15) is 0 Å². The fourth-order valence-electron chi connectivity index (χ4n) is 5.08. The summed E-state index contributed by atoms with van der Waals surface area (Å²) in [6.07, 6.45) is 0.785. The van der Waals surface area contributed by atoms with Crippen LogP contribution in [0.1, 0.15) is 24.1 Å². The molecule has 2 aliphatic heterocycles. The second-order valence-electron chi connectivity index (χ2n) is 8.62. The lowest BCUT2D eigenvalue weighted by Gasteiger charge is -2.49. The Morgan fingerprint density at radius 1 is 0.903 bits per heavy atom. The van der Waals surface area contributed by atoms with Crippen LogP contribution in [0.2, 0.25) is 0 Å². The number of carbonyl (C=O) groups is 1. The largest absolute Gasteiger partial charge is 0.368 e. The Bertz CT molecular complexity index is 1040. The van der Waals surface area contributed by atoms with Crippen molar-refractivity contribution in [3.63, 3.8) is 0 Å². The first kappa shape index (κ1) is 19.7. The van der Waals surface area contributed by atoms with Gasteiger partial charge in [-0.1, -0.05) is 66.7 Å². The van der Waals surface area contributed by atoms with Crippen LogP contribution < -0.4 is 15.1 Å². The number of hydrogen-bond donors (Lipinski definition) is 1. The number of piperazine rings is 1. The average molecular weight is 412 g/mol. The predicted octanol–water partition coefficient (Wildman–Crippen LogP) is 4.43. The first-order chi connectivity index (χ1) is 15.2. The maximum Gasteiger partial charge on any atom is 0.226 e. The molecule has 3 unspecified atom stereocenters. The van der Waals surface area contributed by atoms with Crippen LogP contribution >= 0.6 is 0 Å². The van der Waals surface area contributed by atoms with Crippen LogP contribution in [-0.2, 0) is 11.2 Å². The van der Waals surface area contributed by atoms with Crippen molar-refractivity contribution in [3.8, 4) is 0 Å². The topological polar surface area (TPSA) is 35.6 Å². The summed E-state index contributed by atoms with van der Waals surface area (Å²) in [5.74, 6) is 0.0725. The van der Waals surface area contributed by atoms with Crippen molar-refractivity contribution in [2.75, 3.05) is 29.4 Å². The fraction of sp³-hybridized carbons (Fsp3) is 0.296. The Morgan fingerprint density at radius 3 is 2.35 bits per heavy atom. The van der Waals surface area contributed by atoms with Gasteiger partial charge in [0, 0.05) is 31.0 Å². The van der Waals surface area contributed by atoms with Gasteiger partial charge in [0.15, 0.2) is 0 Å². The van der Waals surface area contributed by atoms with Crippen molar-refractivity contribution in [1.82, 2.24) is 5.32 Å². The zero-order valence-electron chi connectivity index (χ0n) is 17.9. The van der Waals surface area contributed by atoms with E-state index in [0.29, 0.717) is 0 Å². The molecule has 0 spiro atoms. The molecule has 0 saturated carbocycles. The summed E-state index contributed by atoms with van der Waals surface area (Å²) in [5.41, 5.74) is 4.94. The lowest BCUT2D eigenvalue weighted by Crippen LogP contribution is -2.61. The van der Waals surface area contributed by atoms with E-state index in [0.717, 1.165) is 31.6 Å². The van der Waals surface area contributed by atoms with Gasteiger partial charge in [0.25, 0.3) is 0 Å². The number of amides is 1. The van der Waals surface area contributed by atoms with E-state index in [-0.39, 0.29) is 23.9 Å². The Kier molecular flexibility index (Phi) is 5.37. The molecule has 0 aromatic heterocycles. The van der Waals surface area contributed by atoms with E-state index >= 15 is 0 Å². The molecular weight excluding hydrogens is 382 g/mol. The first-order valence-corrected chi connectivity index (χ1v) is 11.2. The van der Waals surface area contributed by atoms with Gasteiger partial charge >= 0.3 is 0 Å². The van der Waals surface area contributed by atoms with E-state index in [1.54, 1.807) is 0 Å². The Hall–Kier alpha value is -3.27. The van der Waals surface area contributed by atoms with Crippen molar-refractivity contribution in [3.05, 3.63) is 96.1 Å². The molecule has 2 heterocycles. The lowest BCUT2D eigenvalue weighted by atomic mass is 9.83. The van der Waals surface area contributed by atoms with Crippen LogP contribution in [0.15, 0.2) is 84.9 Å². The summed E-state index contributed by atoms with van der Waals surface area (Å²) in [6, 6.07) is 29.5.